The number of hydrogen-bond acceptors (Lipinski definition) is 10. The number of ether oxygens (including phenoxy) is 5. The number of nitrogens with zero attached hydrogens (tertiary/aromatic N) is 1. The van der Waals surface area contributed by atoms with Crippen LogP contribution in [-0.4, -0.2) is 63.1 Å². The van der Waals surface area contributed by atoms with Crippen molar-refractivity contribution >= 4 is 18.2 Å². The molecule has 0 saturated heterocycles. The smallest absolute Gasteiger partial charge is 0.337 e. The van der Waals surface area contributed by atoms with Gasteiger partial charge in [-0.3, -0.25) is 5.43 Å². The Kier molecular flexibility index (Phi) is 11.0. The molecule has 12 nitrogen and oxygen atoms in total. The highest BCUT2D eigenvalue weighted by Crippen LogP contribution is 2.35. The van der Waals surface area contributed by atoms with Gasteiger partial charge in [-0.15, -0.1) is 0 Å². The van der Waals surface area contributed by atoms with Gasteiger partial charge in [0.15, 0.2) is 29.2 Å². The van der Waals surface area contributed by atoms with Gasteiger partial charge in [0, 0.05) is 5.70 Å². The van der Waals surface area contributed by atoms with Crippen molar-refractivity contribution in [2.75, 3.05) is 33.5 Å². The maximum absolute atomic E-state index is 12.4. The summed E-state index contributed by atoms with van der Waals surface area (Å²) in [5.74, 6) is 1.43. The molecular formula is C28H36N4O8. The third-order valence-corrected chi connectivity index (χ3v) is 5.68. The average molecular weight is 557 g/mol. The number of rotatable bonds is 14. The molecule has 2 aromatic carbocycles. The first-order chi connectivity index (χ1) is 19.3. The van der Waals surface area contributed by atoms with Gasteiger partial charge in [-0.05, 0) is 69.2 Å². The summed E-state index contributed by atoms with van der Waals surface area (Å²) in [6.07, 6.45) is 0.420. The predicted molar refractivity (Wildman–Crippen MR) is 148 cm³/mol. The molecule has 0 aromatic heterocycles. The number of nitrogens with one attached hydrogen (secondary N) is 3. The molecule has 0 aliphatic carbocycles. The lowest BCUT2D eigenvalue weighted by molar-refractivity contribution is -0.136. The zero-order valence-corrected chi connectivity index (χ0v) is 23.3. The number of carbonyl (C=O) groups is 2. The summed E-state index contributed by atoms with van der Waals surface area (Å²) in [5, 5.41) is 19.8. The van der Waals surface area contributed by atoms with Crippen LogP contribution in [0, 0.1) is 0 Å². The minimum Gasteiger partial charge on any atom is -0.490 e. The first kappa shape index (κ1) is 30.1. The maximum Gasteiger partial charge on any atom is 0.337 e. The minimum absolute atomic E-state index is 0.138. The lowest BCUT2D eigenvalue weighted by atomic mass is 9.95. The van der Waals surface area contributed by atoms with Crippen molar-refractivity contribution in [1.29, 1.82) is 0 Å². The van der Waals surface area contributed by atoms with Crippen molar-refractivity contribution in [3.63, 3.8) is 0 Å². The van der Waals surface area contributed by atoms with E-state index in [1.165, 1.54) is 7.11 Å². The van der Waals surface area contributed by atoms with E-state index in [2.05, 4.69) is 21.2 Å². The molecule has 1 heterocycles. The van der Waals surface area contributed by atoms with Gasteiger partial charge in [0.1, 0.15) is 6.61 Å². The van der Waals surface area contributed by atoms with Crippen LogP contribution in [0.4, 0.5) is 4.79 Å². The van der Waals surface area contributed by atoms with Crippen LogP contribution in [0.15, 0.2) is 52.8 Å². The van der Waals surface area contributed by atoms with E-state index >= 15 is 0 Å². The Hall–Kier alpha value is -4.45. The molecule has 0 bridgehead atoms. The first-order valence-corrected chi connectivity index (χ1v) is 12.9. The maximum atomic E-state index is 12.4. The highest BCUT2D eigenvalue weighted by molar-refractivity contribution is 5.95. The number of aliphatic hydroxyl groups excluding tert-OH is 1. The number of methoxy groups -OCH3 is 1. The van der Waals surface area contributed by atoms with E-state index in [-0.39, 0.29) is 12.2 Å². The Bertz CT molecular complexity index is 1250. The highest BCUT2D eigenvalue weighted by Gasteiger charge is 2.32. The Labute approximate surface area is 233 Å². The molecule has 0 saturated carbocycles. The van der Waals surface area contributed by atoms with Gasteiger partial charge in [-0.25, -0.2) is 9.59 Å². The van der Waals surface area contributed by atoms with E-state index < -0.39 is 24.3 Å². The van der Waals surface area contributed by atoms with Crippen LogP contribution < -0.4 is 35.0 Å². The molecule has 12 heteroatoms. The van der Waals surface area contributed by atoms with Crippen molar-refractivity contribution < 1.29 is 38.4 Å². The van der Waals surface area contributed by atoms with Crippen LogP contribution in [0.5, 0.6) is 23.0 Å². The van der Waals surface area contributed by atoms with Gasteiger partial charge in [-0.2, -0.15) is 5.10 Å². The van der Waals surface area contributed by atoms with Crippen LogP contribution in [0.25, 0.3) is 0 Å². The summed E-state index contributed by atoms with van der Waals surface area (Å²) in [6, 6.07) is 9.24. The molecule has 2 aromatic rings. The number of hydrazone groups is 1. The number of aliphatic hydroxyl groups is 1. The third kappa shape index (κ3) is 7.79. The fourth-order valence-electron chi connectivity index (χ4n) is 3.97. The molecular weight excluding hydrogens is 520 g/mol. The van der Waals surface area contributed by atoms with Crippen LogP contribution in [0.1, 0.15) is 44.9 Å². The lowest BCUT2D eigenvalue weighted by Gasteiger charge is -2.28. The van der Waals surface area contributed by atoms with Crippen molar-refractivity contribution in [2.24, 2.45) is 5.10 Å². The monoisotopic (exact) mass is 556 g/mol. The van der Waals surface area contributed by atoms with Gasteiger partial charge in [0.2, 0.25) is 0 Å². The summed E-state index contributed by atoms with van der Waals surface area (Å²) < 4.78 is 27.6. The summed E-state index contributed by atoms with van der Waals surface area (Å²) in [6.45, 7) is 8.46. The normalized spacial score (nSPS) is 15.7. The van der Waals surface area contributed by atoms with Crippen molar-refractivity contribution in [3.8, 4) is 23.0 Å². The molecule has 3 rings (SSSR count). The molecule has 0 spiro atoms. The summed E-state index contributed by atoms with van der Waals surface area (Å²) in [7, 11) is 1.28. The van der Waals surface area contributed by atoms with Crippen LogP contribution in [0.3, 0.4) is 0 Å². The lowest BCUT2D eigenvalue weighted by Crippen LogP contribution is -2.45. The molecule has 40 heavy (non-hydrogen) atoms. The van der Waals surface area contributed by atoms with E-state index in [0.717, 1.165) is 5.56 Å². The average Bonchev–Trinajstić information content (AvgIpc) is 2.93. The first-order valence-electron chi connectivity index (χ1n) is 12.9. The van der Waals surface area contributed by atoms with Crippen molar-refractivity contribution in [1.82, 2.24) is 16.1 Å². The number of esters is 1. The summed E-state index contributed by atoms with van der Waals surface area (Å²) in [5.41, 5.74) is 4.63. The number of hydrogen-bond donors (Lipinski definition) is 4. The zero-order chi connectivity index (χ0) is 29.1. The van der Waals surface area contributed by atoms with E-state index in [4.69, 9.17) is 23.7 Å². The quantitative estimate of drug-likeness (QED) is 0.119. The van der Waals surface area contributed by atoms with Crippen LogP contribution >= 0.6 is 0 Å². The van der Waals surface area contributed by atoms with Gasteiger partial charge in [-0.1, -0.05) is 6.07 Å². The SMILES string of the molecule is CCOc1ccc(/C=N\N[C@H](O)COc2ccc([C@@H]3NC(=O)NC(C)=C3C(=O)OC)cc2OCC)cc1OCC. The fraction of sp³-hybridized carbons (Fsp3) is 0.393. The van der Waals surface area contributed by atoms with Gasteiger partial charge < -0.3 is 39.4 Å². The second-order valence-corrected chi connectivity index (χ2v) is 8.49. The third-order valence-electron chi connectivity index (χ3n) is 5.68. The molecule has 1 aliphatic rings. The van der Waals surface area contributed by atoms with Gasteiger partial charge in [0.05, 0.1) is 44.8 Å². The summed E-state index contributed by atoms with van der Waals surface area (Å²) >= 11 is 0. The fourth-order valence-corrected chi connectivity index (χ4v) is 3.97. The van der Waals surface area contributed by atoms with Crippen molar-refractivity contribution in [2.45, 2.75) is 40.0 Å². The Morgan fingerprint density at radius 2 is 1.62 bits per heavy atom. The standard InChI is InChI=1S/C28H36N4O8/c1-6-37-20-11-9-18(13-22(20)38-7-2)15-29-32-24(33)16-40-21-12-10-19(14-23(21)39-8-3)26-25(27(34)36-5)17(4)30-28(35)31-26/h9-15,24,26,32-33H,6-8,16H2,1-5H3,(H2,30,31,35)/b29-15-/t24-,26+/m1/s1. The topological polar surface area (TPSA) is 149 Å². The van der Waals surface area contributed by atoms with E-state index in [0.29, 0.717) is 54.1 Å². The predicted octanol–water partition coefficient (Wildman–Crippen LogP) is 3.00. The number of carbonyl (C=O) groups excluding carboxylic acids is 2. The van der Waals surface area contributed by atoms with Gasteiger partial charge >= 0.3 is 12.0 Å². The van der Waals surface area contributed by atoms with Gasteiger partial charge in [0.25, 0.3) is 0 Å². The zero-order valence-electron chi connectivity index (χ0n) is 23.3. The molecule has 0 radical (unpaired) electrons. The van der Waals surface area contributed by atoms with E-state index in [9.17, 15) is 14.7 Å². The second kappa shape index (κ2) is 14.6. The number of allylic oxidation sites excluding steroid dienone is 1. The minimum atomic E-state index is -1.13. The molecule has 2 amide bonds. The molecule has 216 valence electrons. The molecule has 4 N–H and O–H groups in total. The van der Waals surface area contributed by atoms with E-state index in [1.54, 1.807) is 43.5 Å². The largest absolute Gasteiger partial charge is 0.490 e. The highest BCUT2D eigenvalue weighted by atomic mass is 16.5. The van der Waals surface area contributed by atoms with Crippen LogP contribution in [-0.2, 0) is 9.53 Å². The Balaban J connectivity index is 1.68. The Morgan fingerprint density at radius 3 is 2.30 bits per heavy atom. The number of urea groups is 1. The second-order valence-electron chi connectivity index (χ2n) is 8.49. The molecule has 2 atom stereocenters. The number of amides is 2. The number of benzene rings is 2. The summed E-state index contributed by atoms with van der Waals surface area (Å²) in [4.78, 5) is 24.5. The van der Waals surface area contributed by atoms with E-state index in [1.807, 2.05) is 26.8 Å². The molecule has 0 unspecified atom stereocenters. The van der Waals surface area contributed by atoms with Crippen molar-refractivity contribution in [3.05, 3.63) is 58.8 Å². The Morgan fingerprint density at radius 1 is 1.00 bits per heavy atom. The molecule has 1 aliphatic heterocycles. The van der Waals surface area contributed by atoms with Crippen LogP contribution in [0.2, 0.25) is 0 Å². The molecule has 0 fully saturated rings.